The normalized spacial score (nSPS) is 14.2. The topological polar surface area (TPSA) is 75.1 Å². The third kappa shape index (κ3) is 3.91. The van der Waals surface area contributed by atoms with Crippen LogP contribution in [0.25, 0.3) is 0 Å². The van der Waals surface area contributed by atoms with E-state index in [0.29, 0.717) is 12.4 Å². The summed E-state index contributed by atoms with van der Waals surface area (Å²) in [4.78, 5) is 20.1. The fraction of sp³-hybridized carbons (Fsp3) is 0.643. The highest BCUT2D eigenvalue weighted by Crippen LogP contribution is 2.20. The monoisotopic (exact) mass is 265 g/mol. The lowest BCUT2D eigenvalue weighted by molar-refractivity contribution is -0.142. The predicted octanol–water partition coefficient (Wildman–Crippen LogP) is 2.96. The van der Waals surface area contributed by atoms with Crippen molar-refractivity contribution < 1.29 is 9.90 Å². The summed E-state index contributed by atoms with van der Waals surface area (Å²) in [5.74, 6) is -0.211. The van der Waals surface area contributed by atoms with Gasteiger partial charge in [-0.25, -0.2) is 14.8 Å². The number of hydrogen-bond acceptors (Lipinski definition) is 4. The molecule has 1 heterocycles. The van der Waals surface area contributed by atoms with Crippen molar-refractivity contribution in [2.45, 2.75) is 58.9 Å². The van der Waals surface area contributed by atoms with Crippen molar-refractivity contribution >= 4 is 11.9 Å². The molecule has 0 fully saturated rings. The lowest BCUT2D eigenvalue weighted by Crippen LogP contribution is -2.43. The van der Waals surface area contributed by atoms with Crippen molar-refractivity contribution in [1.82, 2.24) is 9.97 Å². The van der Waals surface area contributed by atoms with E-state index in [-0.39, 0.29) is 5.92 Å². The van der Waals surface area contributed by atoms with Gasteiger partial charge in [0.25, 0.3) is 0 Å². The molecule has 2 N–H and O–H groups in total. The number of nitrogens with one attached hydrogen (secondary N) is 1. The van der Waals surface area contributed by atoms with Gasteiger partial charge in [-0.1, -0.05) is 27.2 Å². The molecule has 0 spiro atoms. The Balaban J connectivity index is 3.06. The van der Waals surface area contributed by atoms with E-state index >= 15 is 0 Å². The molecule has 1 aromatic heterocycles. The molecule has 1 aromatic rings. The largest absolute Gasteiger partial charge is 0.480 e. The molecule has 0 aliphatic rings. The number of aromatic nitrogens is 2. The number of aliphatic carboxylic acids is 1. The van der Waals surface area contributed by atoms with E-state index in [1.807, 2.05) is 33.8 Å². The first-order valence-corrected chi connectivity index (χ1v) is 6.65. The van der Waals surface area contributed by atoms with Crippen LogP contribution in [-0.4, -0.2) is 26.6 Å². The van der Waals surface area contributed by atoms with Crippen LogP contribution in [-0.2, 0) is 4.79 Å². The first-order chi connectivity index (χ1) is 8.78. The van der Waals surface area contributed by atoms with E-state index in [0.717, 1.165) is 17.8 Å². The number of anilines is 1. The standard InChI is InChI=1S/C14H23N3O2/c1-6-7-14(5,12(18)19)17-13-15-10(4)8-11(16-13)9(2)3/h8-9H,6-7H2,1-5H3,(H,18,19)(H,15,16,17). The first kappa shape index (κ1) is 15.4. The van der Waals surface area contributed by atoms with Gasteiger partial charge in [0.1, 0.15) is 5.54 Å². The fourth-order valence-electron chi connectivity index (χ4n) is 1.91. The maximum absolute atomic E-state index is 11.4. The Hall–Kier alpha value is -1.65. The van der Waals surface area contributed by atoms with Crippen molar-refractivity contribution in [3.63, 3.8) is 0 Å². The van der Waals surface area contributed by atoms with Crippen molar-refractivity contribution in [2.75, 3.05) is 5.32 Å². The van der Waals surface area contributed by atoms with Gasteiger partial charge in [0.15, 0.2) is 0 Å². The molecular weight excluding hydrogens is 242 g/mol. The average molecular weight is 265 g/mol. The van der Waals surface area contributed by atoms with Gasteiger partial charge in [0, 0.05) is 11.4 Å². The second-order valence-corrected chi connectivity index (χ2v) is 5.42. The summed E-state index contributed by atoms with van der Waals surface area (Å²) >= 11 is 0. The zero-order chi connectivity index (χ0) is 14.6. The Kier molecular flexibility index (Phi) is 4.86. The molecule has 0 amide bonds. The Bertz CT molecular complexity index is 460. The minimum absolute atomic E-state index is 0.282. The van der Waals surface area contributed by atoms with E-state index in [9.17, 15) is 9.90 Å². The number of hydrogen-bond donors (Lipinski definition) is 2. The molecule has 0 aliphatic heterocycles. The lowest BCUT2D eigenvalue weighted by Gasteiger charge is -2.26. The molecule has 5 nitrogen and oxygen atoms in total. The molecule has 0 aromatic carbocycles. The Morgan fingerprint density at radius 1 is 1.47 bits per heavy atom. The molecule has 1 unspecified atom stereocenters. The highest BCUT2D eigenvalue weighted by atomic mass is 16.4. The van der Waals surface area contributed by atoms with Crippen LogP contribution in [0, 0.1) is 6.92 Å². The van der Waals surface area contributed by atoms with E-state index in [1.54, 1.807) is 6.92 Å². The molecule has 0 radical (unpaired) electrons. The van der Waals surface area contributed by atoms with E-state index in [2.05, 4.69) is 15.3 Å². The van der Waals surface area contributed by atoms with Gasteiger partial charge in [0.05, 0.1) is 0 Å². The van der Waals surface area contributed by atoms with Gasteiger partial charge in [-0.3, -0.25) is 0 Å². The smallest absolute Gasteiger partial charge is 0.329 e. The predicted molar refractivity (Wildman–Crippen MR) is 75.4 cm³/mol. The molecule has 106 valence electrons. The third-order valence-electron chi connectivity index (χ3n) is 3.08. The van der Waals surface area contributed by atoms with Crippen LogP contribution < -0.4 is 5.32 Å². The van der Waals surface area contributed by atoms with Crippen molar-refractivity contribution in [2.24, 2.45) is 0 Å². The highest BCUT2D eigenvalue weighted by Gasteiger charge is 2.32. The lowest BCUT2D eigenvalue weighted by atomic mass is 9.96. The molecule has 0 aliphatic carbocycles. The molecule has 19 heavy (non-hydrogen) atoms. The maximum Gasteiger partial charge on any atom is 0.329 e. The summed E-state index contributed by atoms with van der Waals surface area (Å²) in [5, 5.41) is 12.3. The molecule has 0 bridgehead atoms. The van der Waals surface area contributed by atoms with E-state index in [4.69, 9.17) is 0 Å². The van der Waals surface area contributed by atoms with Gasteiger partial charge in [-0.05, 0) is 32.3 Å². The van der Waals surface area contributed by atoms with Crippen LogP contribution in [0.2, 0.25) is 0 Å². The molecular formula is C14H23N3O2. The van der Waals surface area contributed by atoms with Crippen LogP contribution in [0.5, 0.6) is 0 Å². The number of nitrogens with zero attached hydrogens (tertiary/aromatic N) is 2. The van der Waals surface area contributed by atoms with Gasteiger partial charge >= 0.3 is 5.97 Å². The molecule has 1 rings (SSSR count). The zero-order valence-electron chi connectivity index (χ0n) is 12.3. The Labute approximate surface area is 114 Å². The van der Waals surface area contributed by atoms with Gasteiger partial charge in [-0.15, -0.1) is 0 Å². The summed E-state index contributed by atoms with van der Waals surface area (Å²) in [6.45, 7) is 9.61. The summed E-state index contributed by atoms with van der Waals surface area (Å²) in [7, 11) is 0. The number of carboxylic acids is 1. The van der Waals surface area contributed by atoms with E-state index in [1.165, 1.54) is 0 Å². The van der Waals surface area contributed by atoms with Gasteiger partial charge < -0.3 is 10.4 Å². The van der Waals surface area contributed by atoms with Crippen molar-refractivity contribution in [3.8, 4) is 0 Å². The summed E-state index contributed by atoms with van der Waals surface area (Å²) in [6.07, 6.45) is 1.30. The third-order valence-corrected chi connectivity index (χ3v) is 3.08. The fourth-order valence-corrected chi connectivity index (χ4v) is 1.91. The summed E-state index contributed by atoms with van der Waals surface area (Å²) in [5.41, 5.74) is 0.723. The van der Waals surface area contributed by atoms with Crippen LogP contribution in [0.4, 0.5) is 5.95 Å². The quantitative estimate of drug-likeness (QED) is 0.827. The van der Waals surface area contributed by atoms with Crippen LogP contribution in [0.1, 0.15) is 57.8 Å². The number of carboxylic acid groups (broad SMARTS) is 1. The first-order valence-electron chi connectivity index (χ1n) is 6.65. The van der Waals surface area contributed by atoms with Crippen molar-refractivity contribution in [3.05, 3.63) is 17.5 Å². The molecule has 0 saturated carbocycles. The second kappa shape index (κ2) is 5.99. The minimum atomic E-state index is -1.03. The zero-order valence-corrected chi connectivity index (χ0v) is 12.3. The van der Waals surface area contributed by atoms with Crippen LogP contribution in [0.3, 0.4) is 0 Å². The average Bonchev–Trinajstić information content (AvgIpc) is 2.27. The molecule has 1 atom stereocenters. The van der Waals surface area contributed by atoms with Crippen molar-refractivity contribution in [1.29, 1.82) is 0 Å². The van der Waals surface area contributed by atoms with Crippen LogP contribution in [0.15, 0.2) is 6.07 Å². The summed E-state index contributed by atoms with van der Waals surface area (Å²) in [6, 6.07) is 1.92. The van der Waals surface area contributed by atoms with E-state index < -0.39 is 11.5 Å². The Morgan fingerprint density at radius 2 is 2.11 bits per heavy atom. The highest BCUT2D eigenvalue weighted by molar-refractivity contribution is 5.81. The number of rotatable bonds is 6. The molecule has 5 heteroatoms. The van der Waals surface area contributed by atoms with Gasteiger partial charge in [-0.2, -0.15) is 0 Å². The SMILES string of the molecule is CCCC(C)(Nc1nc(C)cc(C(C)C)n1)C(=O)O. The van der Waals surface area contributed by atoms with Gasteiger partial charge in [0.2, 0.25) is 5.95 Å². The maximum atomic E-state index is 11.4. The van der Waals surface area contributed by atoms with Crippen LogP contribution >= 0.6 is 0 Å². The Morgan fingerprint density at radius 3 is 2.58 bits per heavy atom. The summed E-state index contributed by atoms with van der Waals surface area (Å²) < 4.78 is 0. The number of carbonyl (C=O) groups is 1. The molecule has 0 saturated heterocycles. The number of aryl methyl sites for hydroxylation is 1. The minimum Gasteiger partial charge on any atom is -0.480 e. The second-order valence-electron chi connectivity index (χ2n) is 5.42.